The van der Waals surface area contributed by atoms with Gasteiger partial charge < -0.3 is 0 Å². The van der Waals surface area contributed by atoms with Crippen LogP contribution in [0.3, 0.4) is 0 Å². The van der Waals surface area contributed by atoms with Crippen LogP contribution in [0.2, 0.25) is 0 Å². The normalized spacial score (nSPS) is 15.8. The van der Waals surface area contributed by atoms with Crippen LogP contribution in [-0.2, 0) is 0 Å². The molecule has 0 aliphatic heterocycles. The summed E-state index contributed by atoms with van der Waals surface area (Å²) in [5.41, 5.74) is 4.12. The predicted octanol–water partition coefficient (Wildman–Crippen LogP) is 4.97. The van der Waals surface area contributed by atoms with Crippen LogP contribution in [0.25, 0.3) is 16.9 Å². The summed E-state index contributed by atoms with van der Waals surface area (Å²) in [5, 5.41) is 3.32. The second kappa shape index (κ2) is 7.78. The van der Waals surface area contributed by atoms with Crippen molar-refractivity contribution in [2.45, 2.75) is 45.1 Å². The van der Waals surface area contributed by atoms with Gasteiger partial charge in [-0.1, -0.05) is 67.8 Å². The largest absolute Gasteiger partial charge is 0.290 e. The van der Waals surface area contributed by atoms with E-state index in [1.165, 1.54) is 19.3 Å². The van der Waals surface area contributed by atoms with E-state index in [0.29, 0.717) is 11.6 Å². The molecule has 0 radical (unpaired) electrons. The van der Waals surface area contributed by atoms with E-state index in [1.807, 2.05) is 67.6 Å². The van der Waals surface area contributed by atoms with Crippen molar-refractivity contribution in [3.8, 4) is 16.9 Å². The number of aromatic nitrogens is 2. The summed E-state index contributed by atoms with van der Waals surface area (Å²) < 4.78 is 1.62. The molecular weight excluding hydrogens is 334 g/mol. The van der Waals surface area contributed by atoms with E-state index in [4.69, 9.17) is 4.99 Å². The lowest BCUT2D eigenvalue weighted by molar-refractivity contribution is 0.443. The predicted molar refractivity (Wildman–Crippen MR) is 111 cm³/mol. The van der Waals surface area contributed by atoms with Crippen molar-refractivity contribution in [3.05, 3.63) is 76.6 Å². The maximum absolute atomic E-state index is 13.3. The average Bonchev–Trinajstić information content (AvgIpc) is 3.07. The van der Waals surface area contributed by atoms with Gasteiger partial charge in [0.15, 0.2) is 0 Å². The topological polar surface area (TPSA) is 50.1 Å². The third-order valence-corrected chi connectivity index (χ3v) is 5.28. The molecular formula is C23H25N3O. The number of H-pyrrole nitrogens is 1. The molecule has 1 aliphatic carbocycles. The highest BCUT2D eigenvalue weighted by Gasteiger charge is 2.20. The average molecular weight is 359 g/mol. The Balaban J connectivity index is 1.85. The lowest BCUT2D eigenvalue weighted by atomic mass is 9.95. The van der Waals surface area contributed by atoms with Gasteiger partial charge in [-0.05, 0) is 31.9 Å². The Kier molecular flexibility index (Phi) is 5.05. The zero-order valence-corrected chi connectivity index (χ0v) is 15.7. The highest BCUT2D eigenvalue weighted by Crippen LogP contribution is 2.24. The first kappa shape index (κ1) is 17.5. The monoisotopic (exact) mass is 359 g/mol. The maximum atomic E-state index is 13.3. The van der Waals surface area contributed by atoms with E-state index in [0.717, 1.165) is 35.5 Å². The number of rotatable bonds is 4. The van der Waals surface area contributed by atoms with Gasteiger partial charge in [-0.15, -0.1) is 0 Å². The number of aliphatic imine (C=N–C) groups is 1. The molecule has 1 fully saturated rings. The minimum atomic E-state index is -0.0443. The minimum Gasteiger partial charge on any atom is -0.290 e. The maximum Gasteiger partial charge on any atom is 0.280 e. The minimum absolute atomic E-state index is 0.0443. The van der Waals surface area contributed by atoms with Gasteiger partial charge in [0.2, 0.25) is 0 Å². The summed E-state index contributed by atoms with van der Waals surface area (Å²) >= 11 is 0. The molecule has 4 heteroatoms. The molecule has 4 rings (SSSR count). The molecule has 0 unspecified atom stereocenters. The summed E-state index contributed by atoms with van der Waals surface area (Å²) in [6.45, 7) is 1.97. The van der Waals surface area contributed by atoms with Crippen molar-refractivity contribution in [2.24, 2.45) is 4.99 Å². The highest BCUT2D eigenvalue weighted by molar-refractivity contribution is 6.03. The summed E-state index contributed by atoms with van der Waals surface area (Å²) in [6, 6.07) is 20.0. The fourth-order valence-corrected chi connectivity index (χ4v) is 3.89. The van der Waals surface area contributed by atoms with Crippen molar-refractivity contribution >= 4 is 5.71 Å². The summed E-state index contributed by atoms with van der Waals surface area (Å²) in [7, 11) is 0. The molecule has 0 amide bonds. The van der Waals surface area contributed by atoms with Crippen molar-refractivity contribution in [3.63, 3.8) is 0 Å². The number of hydrogen-bond acceptors (Lipinski definition) is 2. The molecule has 1 aliphatic rings. The van der Waals surface area contributed by atoms with Crippen LogP contribution in [0.5, 0.6) is 0 Å². The fourth-order valence-electron chi connectivity index (χ4n) is 3.89. The Bertz CT molecular complexity index is 977. The van der Waals surface area contributed by atoms with Crippen molar-refractivity contribution < 1.29 is 0 Å². The van der Waals surface area contributed by atoms with Gasteiger partial charge in [0.25, 0.3) is 5.56 Å². The summed E-state index contributed by atoms with van der Waals surface area (Å²) in [6.07, 6.45) is 6.00. The van der Waals surface area contributed by atoms with Crippen LogP contribution in [0.4, 0.5) is 0 Å². The molecule has 1 N–H and O–H groups in total. The van der Waals surface area contributed by atoms with Gasteiger partial charge >= 0.3 is 0 Å². The molecule has 0 saturated heterocycles. The lowest BCUT2D eigenvalue weighted by Gasteiger charge is -2.18. The number of hydrogen-bond donors (Lipinski definition) is 1. The number of benzene rings is 2. The van der Waals surface area contributed by atoms with Gasteiger partial charge in [0.05, 0.1) is 23.0 Å². The number of para-hydroxylation sites is 1. The van der Waals surface area contributed by atoms with Gasteiger partial charge in [-0.3, -0.25) is 14.9 Å². The van der Waals surface area contributed by atoms with Gasteiger partial charge in [-0.25, -0.2) is 4.68 Å². The Morgan fingerprint density at radius 1 is 0.963 bits per heavy atom. The molecule has 138 valence electrons. The molecule has 27 heavy (non-hydrogen) atoms. The van der Waals surface area contributed by atoms with Crippen molar-refractivity contribution in [2.75, 3.05) is 0 Å². The van der Waals surface area contributed by atoms with Crippen LogP contribution >= 0.6 is 0 Å². The first-order chi connectivity index (χ1) is 13.2. The van der Waals surface area contributed by atoms with Gasteiger partial charge in [-0.2, -0.15) is 0 Å². The summed E-state index contributed by atoms with van der Waals surface area (Å²) in [5.74, 6) is 0. The SMILES string of the molecule is CC(=NC1CCCCC1)c1c(-c2ccccc2)[nH]n(-c2ccccc2)c1=O. The standard InChI is InChI=1S/C23H25N3O/c1-17(24-19-13-7-3-8-14-19)21-22(18-11-5-2-6-12-18)25-26(23(21)27)20-15-9-4-10-16-20/h2,4-6,9-12,15-16,19,25H,3,7-8,13-14H2,1H3. The number of aromatic amines is 1. The molecule has 1 saturated carbocycles. The molecule has 1 aromatic heterocycles. The van der Waals surface area contributed by atoms with E-state index < -0.39 is 0 Å². The van der Waals surface area contributed by atoms with Gasteiger partial charge in [0.1, 0.15) is 0 Å². The van der Waals surface area contributed by atoms with E-state index in [9.17, 15) is 4.79 Å². The van der Waals surface area contributed by atoms with Crippen LogP contribution in [0.1, 0.15) is 44.6 Å². The van der Waals surface area contributed by atoms with Crippen molar-refractivity contribution in [1.29, 1.82) is 0 Å². The van der Waals surface area contributed by atoms with E-state index in [-0.39, 0.29) is 5.56 Å². The van der Waals surface area contributed by atoms with Crippen LogP contribution in [-0.4, -0.2) is 21.5 Å². The second-order valence-electron chi connectivity index (χ2n) is 7.21. The van der Waals surface area contributed by atoms with Gasteiger partial charge in [0, 0.05) is 11.3 Å². The number of nitrogens with one attached hydrogen (secondary N) is 1. The Morgan fingerprint density at radius 2 is 1.59 bits per heavy atom. The molecule has 1 heterocycles. The molecule has 0 spiro atoms. The first-order valence-corrected chi connectivity index (χ1v) is 9.74. The Morgan fingerprint density at radius 3 is 2.26 bits per heavy atom. The van der Waals surface area contributed by atoms with Crippen LogP contribution in [0.15, 0.2) is 70.5 Å². The van der Waals surface area contributed by atoms with E-state index in [1.54, 1.807) is 4.68 Å². The lowest BCUT2D eigenvalue weighted by Crippen LogP contribution is -2.21. The smallest absolute Gasteiger partial charge is 0.280 e. The molecule has 4 nitrogen and oxygen atoms in total. The van der Waals surface area contributed by atoms with Crippen LogP contribution in [0, 0.1) is 0 Å². The zero-order chi connectivity index (χ0) is 18.6. The third-order valence-electron chi connectivity index (χ3n) is 5.28. The first-order valence-electron chi connectivity index (χ1n) is 9.74. The fraction of sp³-hybridized carbons (Fsp3) is 0.304. The Labute approximate surface area is 159 Å². The summed E-state index contributed by atoms with van der Waals surface area (Å²) in [4.78, 5) is 18.2. The quantitative estimate of drug-likeness (QED) is 0.657. The number of nitrogens with zero attached hydrogens (tertiary/aromatic N) is 2. The van der Waals surface area contributed by atoms with E-state index >= 15 is 0 Å². The Hall–Kier alpha value is -2.88. The second-order valence-corrected chi connectivity index (χ2v) is 7.21. The van der Waals surface area contributed by atoms with Crippen molar-refractivity contribution in [1.82, 2.24) is 9.78 Å². The van der Waals surface area contributed by atoms with E-state index in [2.05, 4.69) is 5.10 Å². The highest BCUT2D eigenvalue weighted by atomic mass is 16.1. The molecule has 2 aromatic carbocycles. The molecule has 3 aromatic rings. The van der Waals surface area contributed by atoms with Crippen LogP contribution < -0.4 is 5.56 Å². The molecule has 0 atom stereocenters. The zero-order valence-electron chi connectivity index (χ0n) is 15.7. The molecule has 0 bridgehead atoms. The third kappa shape index (κ3) is 3.65.